The molecule has 0 bridgehead atoms. The quantitative estimate of drug-likeness (QED) is 0.929. The highest BCUT2D eigenvalue weighted by Gasteiger charge is 2.09. The Hall–Kier alpha value is -2.08. The molecule has 1 aromatic carbocycles. The fraction of sp³-hybridized carbons (Fsp3) is 0.143. The van der Waals surface area contributed by atoms with E-state index >= 15 is 0 Å². The molecule has 0 atom stereocenters. The maximum Gasteiger partial charge on any atom is 0.341 e. The first-order valence-electron chi connectivity index (χ1n) is 5.77. The number of hydrogen-bond donors (Lipinski definition) is 1. The van der Waals surface area contributed by atoms with Gasteiger partial charge in [0, 0.05) is 25.0 Å². The van der Waals surface area contributed by atoms with Crippen LogP contribution >= 0.6 is 15.9 Å². The van der Waals surface area contributed by atoms with Gasteiger partial charge in [0.05, 0.1) is 11.6 Å². The molecule has 20 heavy (non-hydrogen) atoms. The largest absolute Gasteiger partial charge is 0.496 e. The van der Waals surface area contributed by atoms with E-state index in [0.29, 0.717) is 6.54 Å². The Labute approximate surface area is 123 Å². The number of benzene rings is 1. The molecule has 1 aromatic heterocycles. The maximum atomic E-state index is 11.4. The van der Waals surface area contributed by atoms with Crippen LogP contribution in [0.5, 0.6) is 5.75 Å². The minimum absolute atomic E-state index is 0.236. The predicted molar refractivity (Wildman–Crippen MR) is 77.5 cm³/mol. The van der Waals surface area contributed by atoms with Crippen LogP contribution in [0.1, 0.15) is 15.9 Å². The Balaban J connectivity index is 2.30. The van der Waals surface area contributed by atoms with Gasteiger partial charge in [-0.3, -0.25) is 4.79 Å². The third-order valence-electron chi connectivity index (χ3n) is 2.79. The normalized spacial score (nSPS) is 10.3. The molecule has 0 aliphatic rings. The van der Waals surface area contributed by atoms with Crippen molar-refractivity contribution in [1.82, 2.24) is 4.57 Å². The number of pyridine rings is 1. The lowest BCUT2D eigenvalue weighted by Crippen LogP contribution is -2.16. The number of carbonyl (C=O) groups is 1. The van der Waals surface area contributed by atoms with Crippen molar-refractivity contribution in [2.45, 2.75) is 6.54 Å². The number of nitrogens with zero attached hydrogens (tertiary/aromatic N) is 1. The van der Waals surface area contributed by atoms with Crippen molar-refractivity contribution < 1.29 is 14.6 Å². The number of ether oxygens (including phenoxy) is 1. The molecule has 2 rings (SSSR count). The fourth-order valence-corrected chi connectivity index (χ4v) is 2.39. The molecular formula is C14H12BrNO4. The van der Waals surface area contributed by atoms with Crippen LogP contribution in [0.25, 0.3) is 0 Å². The fourth-order valence-electron chi connectivity index (χ4n) is 1.80. The highest BCUT2D eigenvalue weighted by Crippen LogP contribution is 2.25. The van der Waals surface area contributed by atoms with Crippen LogP contribution in [0, 0.1) is 0 Å². The average Bonchev–Trinajstić information content (AvgIpc) is 2.41. The molecule has 5 nitrogen and oxygen atoms in total. The maximum absolute atomic E-state index is 11.4. The summed E-state index contributed by atoms with van der Waals surface area (Å²) in [6, 6.07) is 6.83. The summed E-state index contributed by atoms with van der Waals surface area (Å²) < 4.78 is 7.61. The summed E-state index contributed by atoms with van der Waals surface area (Å²) in [4.78, 5) is 22.3. The van der Waals surface area contributed by atoms with Crippen molar-refractivity contribution in [3.63, 3.8) is 0 Å². The third kappa shape index (κ3) is 3.08. The second-order valence-electron chi connectivity index (χ2n) is 4.17. The number of carboxylic acid groups (broad SMARTS) is 1. The van der Waals surface area contributed by atoms with Gasteiger partial charge in [-0.05, 0) is 33.6 Å². The number of methoxy groups -OCH3 is 1. The zero-order valence-corrected chi connectivity index (χ0v) is 12.3. The number of aromatic carboxylic acids is 1. The molecule has 0 aliphatic carbocycles. The topological polar surface area (TPSA) is 68.5 Å². The van der Waals surface area contributed by atoms with Crippen LogP contribution in [-0.4, -0.2) is 22.8 Å². The van der Waals surface area contributed by atoms with Crippen molar-refractivity contribution in [3.05, 3.63) is 62.5 Å². The van der Waals surface area contributed by atoms with Crippen LogP contribution < -0.4 is 10.2 Å². The van der Waals surface area contributed by atoms with E-state index in [-0.39, 0.29) is 5.56 Å². The van der Waals surface area contributed by atoms with E-state index in [4.69, 9.17) is 9.84 Å². The molecular weight excluding hydrogens is 326 g/mol. The highest BCUT2D eigenvalue weighted by atomic mass is 79.9. The van der Waals surface area contributed by atoms with Gasteiger partial charge in [-0.25, -0.2) is 4.79 Å². The van der Waals surface area contributed by atoms with Gasteiger partial charge in [-0.15, -0.1) is 0 Å². The van der Waals surface area contributed by atoms with E-state index < -0.39 is 11.4 Å². The number of halogens is 1. The highest BCUT2D eigenvalue weighted by molar-refractivity contribution is 9.10. The van der Waals surface area contributed by atoms with Crippen molar-refractivity contribution in [2.75, 3.05) is 7.11 Å². The van der Waals surface area contributed by atoms with E-state index in [0.717, 1.165) is 15.8 Å². The standard InChI is InChI=1S/C14H12BrNO4/c1-20-13-3-2-9(6-11(13)15)7-16-5-4-12(17)10(8-16)14(18)19/h2-6,8H,7H2,1H3,(H,18,19). The molecule has 0 unspecified atom stereocenters. The molecule has 1 heterocycles. The van der Waals surface area contributed by atoms with Crippen LogP contribution in [0.4, 0.5) is 0 Å². The van der Waals surface area contributed by atoms with Crippen molar-refractivity contribution in [2.24, 2.45) is 0 Å². The Morgan fingerprint density at radius 2 is 2.15 bits per heavy atom. The second-order valence-corrected chi connectivity index (χ2v) is 5.02. The summed E-state index contributed by atoms with van der Waals surface area (Å²) in [7, 11) is 1.58. The van der Waals surface area contributed by atoms with Gasteiger partial charge >= 0.3 is 5.97 Å². The first-order valence-corrected chi connectivity index (χ1v) is 6.56. The summed E-state index contributed by atoms with van der Waals surface area (Å²) in [5, 5.41) is 8.93. The van der Waals surface area contributed by atoms with Crippen molar-refractivity contribution in [3.8, 4) is 5.75 Å². The van der Waals surface area contributed by atoms with Crippen molar-refractivity contribution in [1.29, 1.82) is 0 Å². The Bertz CT molecular complexity index is 709. The van der Waals surface area contributed by atoms with Gasteiger partial charge in [-0.1, -0.05) is 6.07 Å². The summed E-state index contributed by atoms with van der Waals surface area (Å²) in [6.07, 6.45) is 2.90. The summed E-state index contributed by atoms with van der Waals surface area (Å²) in [5.74, 6) is -0.500. The molecule has 0 saturated carbocycles. The lowest BCUT2D eigenvalue weighted by molar-refractivity contribution is 0.0694. The van der Waals surface area contributed by atoms with Crippen LogP contribution in [-0.2, 0) is 6.54 Å². The van der Waals surface area contributed by atoms with E-state index in [1.165, 1.54) is 12.3 Å². The van der Waals surface area contributed by atoms with Gasteiger partial charge in [-0.2, -0.15) is 0 Å². The lowest BCUT2D eigenvalue weighted by atomic mass is 10.2. The lowest BCUT2D eigenvalue weighted by Gasteiger charge is -2.09. The number of aromatic nitrogens is 1. The minimum atomic E-state index is -1.22. The molecule has 0 radical (unpaired) electrons. The minimum Gasteiger partial charge on any atom is -0.496 e. The monoisotopic (exact) mass is 337 g/mol. The first-order chi connectivity index (χ1) is 9.51. The van der Waals surface area contributed by atoms with Crippen molar-refractivity contribution >= 4 is 21.9 Å². The zero-order valence-electron chi connectivity index (χ0n) is 10.7. The van der Waals surface area contributed by atoms with E-state index in [1.54, 1.807) is 17.9 Å². The molecule has 0 aliphatic heterocycles. The number of rotatable bonds is 4. The molecule has 0 saturated heterocycles. The van der Waals surface area contributed by atoms with E-state index in [9.17, 15) is 9.59 Å². The number of hydrogen-bond acceptors (Lipinski definition) is 3. The zero-order chi connectivity index (χ0) is 14.7. The molecule has 0 amide bonds. The Morgan fingerprint density at radius 1 is 1.40 bits per heavy atom. The number of carboxylic acids is 1. The van der Waals surface area contributed by atoms with Crippen LogP contribution in [0.3, 0.4) is 0 Å². The Morgan fingerprint density at radius 3 is 2.75 bits per heavy atom. The SMILES string of the molecule is COc1ccc(Cn2ccc(=O)c(C(=O)O)c2)cc1Br. The third-order valence-corrected chi connectivity index (χ3v) is 3.41. The van der Waals surface area contributed by atoms with E-state index in [2.05, 4.69) is 15.9 Å². The Kier molecular flexibility index (Phi) is 4.24. The molecule has 0 spiro atoms. The van der Waals surface area contributed by atoms with Crippen LogP contribution in [0.15, 0.2) is 45.9 Å². The molecule has 6 heteroatoms. The van der Waals surface area contributed by atoms with Gasteiger partial charge in [0.1, 0.15) is 11.3 Å². The smallest absolute Gasteiger partial charge is 0.341 e. The summed E-state index contributed by atoms with van der Waals surface area (Å²) >= 11 is 3.39. The van der Waals surface area contributed by atoms with Gasteiger partial charge < -0.3 is 14.4 Å². The predicted octanol–water partition coefficient (Wildman–Crippen LogP) is 2.37. The second kappa shape index (κ2) is 5.92. The van der Waals surface area contributed by atoms with Gasteiger partial charge in [0.15, 0.2) is 5.43 Å². The van der Waals surface area contributed by atoms with Gasteiger partial charge in [0.25, 0.3) is 0 Å². The van der Waals surface area contributed by atoms with Gasteiger partial charge in [0.2, 0.25) is 0 Å². The van der Waals surface area contributed by atoms with E-state index in [1.807, 2.05) is 18.2 Å². The van der Waals surface area contributed by atoms with Crippen LogP contribution in [0.2, 0.25) is 0 Å². The average molecular weight is 338 g/mol. The molecule has 1 N–H and O–H groups in total. The summed E-state index contributed by atoms with van der Waals surface area (Å²) in [6.45, 7) is 0.461. The molecule has 104 valence electrons. The molecule has 2 aromatic rings. The summed E-state index contributed by atoms with van der Waals surface area (Å²) in [5.41, 5.74) is 0.224. The first kappa shape index (κ1) is 14.3. The molecule has 0 fully saturated rings.